The Hall–Kier alpha value is -3.57. The molecule has 1 aliphatic heterocycles. The van der Waals surface area contributed by atoms with Crippen LogP contribution in [0.4, 0.5) is 5.95 Å². The van der Waals surface area contributed by atoms with Gasteiger partial charge in [0.05, 0.1) is 18.6 Å². The number of hydrogen-bond donors (Lipinski definition) is 4. The van der Waals surface area contributed by atoms with Gasteiger partial charge in [-0.05, 0) is 32.9 Å². The maximum Gasteiger partial charge on any atom is 0.459 e. The van der Waals surface area contributed by atoms with Gasteiger partial charge in [0.25, 0.3) is 0 Å². The van der Waals surface area contributed by atoms with Crippen molar-refractivity contribution in [2.45, 2.75) is 57.0 Å². The number of rotatable bonds is 10. The number of benzene rings is 1. The lowest BCUT2D eigenvalue weighted by Crippen LogP contribution is -2.46. The number of anilines is 1. The quantitative estimate of drug-likeness (QED) is 0.157. The molecule has 6 atom stereocenters. The summed E-state index contributed by atoms with van der Waals surface area (Å²) in [5.74, 6) is 1.73. The molecule has 1 saturated heterocycles. The number of para-hydroxylation sites is 1. The molecule has 1 fully saturated rings. The van der Waals surface area contributed by atoms with Crippen molar-refractivity contribution in [3.05, 3.63) is 42.9 Å². The van der Waals surface area contributed by atoms with E-state index in [1.807, 2.05) is 0 Å². The number of terminal acetylenes is 1. The van der Waals surface area contributed by atoms with E-state index in [-0.39, 0.29) is 17.3 Å². The molecule has 2 aromatic heterocycles. The van der Waals surface area contributed by atoms with Crippen LogP contribution in [0.15, 0.2) is 42.9 Å². The van der Waals surface area contributed by atoms with E-state index in [0.717, 1.165) is 0 Å². The second-order valence-electron chi connectivity index (χ2n) is 9.08. The van der Waals surface area contributed by atoms with E-state index in [9.17, 15) is 19.6 Å². The number of imidazole rings is 1. The molecule has 14 nitrogen and oxygen atoms in total. The molecule has 39 heavy (non-hydrogen) atoms. The van der Waals surface area contributed by atoms with Crippen molar-refractivity contribution in [2.24, 2.45) is 0 Å². The summed E-state index contributed by atoms with van der Waals surface area (Å²) in [6.07, 6.45) is 3.50. The average Bonchev–Trinajstić information content (AvgIpc) is 3.41. The van der Waals surface area contributed by atoms with Crippen LogP contribution in [0.1, 0.15) is 27.0 Å². The first kappa shape index (κ1) is 28.4. The first-order valence-corrected chi connectivity index (χ1v) is 13.5. The molecular weight excluding hydrogens is 531 g/mol. The summed E-state index contributed by atoms with van der Waals surface area (Å²) in [6.45, 7) is 4.06. The summed E-state index contributed by atoms with van der Waals surface area (Å²) in [5.41, 5.74) is 4.28. The molecular formula is C24H29N6O8P. The number of fused-ring (bicyclic) bond motifs is 1. The number of aliphatic hydroxyl groups excluding tert-OH is 2. The molecule has 0 amide bonds. The van der Waals surface area contributed by atoms with Crippen LogP contribution >= 0.6 is 7.75 Å². The summed E-state index contributed by atoms with van der Waals surface area (Å²) in [4.78, 5) is 24.5. The molecule has 2 unspecified atom stereocenters. The number of nitrogen functional groups attached to an aromatic ring is 1. The molecule has 1 aliphatic rings. The van der Waals surface area contributed by atoms with Gasteiger partial charge >= 0.3 is 13.7 Å². The first-order valence-electron chi connectivity index (χ1n) is 11.9. The van der Waals surface area contributed by atoms with Crippen molar-refractivity contribution < 1.29 is 38.1 Å². The van der Waals surface area contributed by atoms with E-state index < -0.39 is 56.5 Å². The largest absolute Gasteiger partial charge is 0.462 e. The van der Waals surface area contributed by atoms with E-state index in [0.29, 0.717) is 5.52 Å². The van der Waals surface area contributed by atoms with E-state index in [2.05, 4.69) is 26.0 Å². The second kappa shape index (κ2) is 11.3. The molecule has 5 N–H and O–H groups in total. The molecule has 0 aliphatic carbocycles. The SMILES string of the molecule is C#C[C@]1(CO[P@@](=O)(N[C@@H](C)C(=O)OC(C)C)Oc2ccccc2)O[C@@H](n2cnc3cnc(N)nc32)C(O)C1O. The minimum atomic E-state index is -4.35. The van der Waals surface area contributed by atoms with Gasteiger partial charge in [0.15, 0.2) is 17.5 Å². The zero-order chi connectivity index (χ0) is 28.4. The number of esters is 1. The van der Waals surface area contributed by atoms with Gasteiger partial charge < -0.3 is 29.9 Å². The third-order valence-corrected chi connectivity index (χ3v) is 7.38. The van der Waals surface area contributed by atoms with Crippen LogP contribution in [0.5, 0.6) is 5.75 Å². The third-order valence-electron chi connectivity index (χ3n) is 5.75. The lowest BCUT2D eigenvalue weighted by atomic mass is 9.97. The Kier molecular flexibility index (Phi) is 8.22. The van der Waals surface area contributed by atoms with Crippen LogP contribution in [-0.4, -0.2) is 72.3 Å². The monoisotopic (exact) mass is 560 g/mol. The van der Waals surface area contributed by atoms with Crippen molar-refractivity contribution in [3.8, 4) is 18.1 Å². The van der Waals surface area contributed by atoms with Crippen LogP contribution in [0, 0.1) is 12.3 Å². The average molecular weight is 561 g/mol. The Bertz CT molecular complexity index is 1410. The standard InChI is InChI=1S/C24H29N6O8P/c1-5-24(19(32)18(31)21(37-24)30-13-27-17-11-26-23(25)28-20(17)30)12-35-39(34,38-16-9-7-6-8-10-16)29-15(4)22(33)36-14(2)3/h1,6-11,13-15,18-19,21,31-32H,12H2,2-4H3,(H,29,34)(H2,25,26,28)/t15-,18?,19?,21+,24+,39-/m0/s1. The van der Waals surface area contributed by atoms with Gasteiger partial charge in [-0.1, -0.05) is 24.1 Å². The Balaban J connectivity index is 1.59. The number of nitrogens with one attached hydrogen (secondary N) is 1. The maximum atomic E-state index is 13.8. The second-order valence-corrected chi connectivity index (χ2v) is 10.8. The number of nitrogens with zero attached hydrogens (tertiary/aromatic N) is 4. The first-order chi connectivity index (χ1) is 18.5. The fourth-order valence-electron chi connectivity index (χ4n) is 3.83. The van der Waals surface area contributed by atoms with E-state index >= 15 is 0 Å². The molecule has 15 heteroatoms. The molecule has 0 radical (unpaired) electrons. The number of ether oxygens (including phenoxy) is 2. The van der Waals surface area contributed by atoms with Crippen molar-refractivity contribution in [2.75, 3.05) is 12.3 Å². The number of hydrogen-bond acceptors (Lipinski definition) is 12. The van der Waals surface area contributed by atoms with E-state index in [1.165, 1.54) is 36.1 Å². The highest BCUT2D eigenvalue weighted by Crippen LogP contribution is 2.48. The molecule has 1 aromatic carbocycles. The molecule has 0 spiro atoms. The minimum Gasteiger partial charge on any atom is -0.462 e. The topological polar surface area (TPSA) is 193 Å². The highest BCUT2D eigenvalue weighted by atomic mass is 31.2. The molecule has 3 heterocycles. The number of nitrogens with two attached hydrogens (primary N) is 1. The third kappa shape index (κ3) is 6.04. The number of carbonyl (C=O) groups excluding carboxylic acids is 1. The predicted molar refractivity (Wildman–Crippen MR) is 138 cm³/mol. The van der Waals surface area contributed by atoms with Crippen LogP contribution in [0.2, 0.25) is 0 Å². The van der Waals surface area contributed by atoms with Crippen LogP contribution in [0.3, 0.4) is 0 Å². The van der Waals surface area contributed by atoms with Crippen molar-refractivity contribution in [1.82, 2.24) is 24.6 Å². The molecule has 0 saturated carbocycles. The normalized spacial score (nSPS) is 25.2. The predicted octanol–water partition coefficient (Wildman–Crippen LogP) is 1.16. The Morgan fingerprint density at radius 1 is 1.31 bits per heavy atom. The number of aliphatic hydroxyl groups is 2. The highest BCUT2D eigenvalue weighted by Gasteiger charge is 2.56. The van der Waals surface area contributed by atoms with Gasteiger partial charge in [-0.2, -0.15) is 10.1 Å². The Labute approximate surface area is 224 Å². The van der Waals surface area contributed by atoms with Gasteiger partial charge in [0, 0.05) is 0 Å². The van der Waals surface area contributed by atoms with Crippen LogP contribution in [0.25, 0.3) is 11.2 Å². The summed E-state index contributed by atoms with van der Waals surface area (Å²) >= 11 is 0. The van der Waals surface area contributed by atoms with Gasteiger partial charge in [-0.25, -0.2) is 14.5 Å². The van der Waals surface area contributed by atoms with Crippen LogP contribution in [-0.2, 0) is 23.4 Å². The van der Waals surface area contributed by atoms with Crippen molar-refractivity contribution in [3.63, 3.8) is 0 Å². The number of aromatic nitrogens is 4. The van der Waals surface area contributed by atoms with Gasteiger partial charge in [-0.15, -0.1) is 6.42 Å². The van der Waals surface area contributed by atoms with Crippen LogP contribution < -0.4 is 15.3 Å². The fourth-order valence-corrected chi connectivity index (χ4v) is 5.35. The zero-order valence-corrected chi connectivity index (χ0v) is 22.3. The molecule has 3 aromatic rings. The summed E-state index contributed by atoms with van der Waals surface area (Å²) in [5, 5.41) is 24.3. The van der Waals surface area contributed by atoms with E-state index in [4.69, 9.17) is 30.7 Å². The Morgan fingerprint density at radius 2 is 2.03 bits per heavy atom. The van der Waals surface area contributed by atoms with Gasteiger partial charge in [0.1, 0.15) is 36.1 Å². The minimum absolute atomic E-state index is 0.0426. The Morgan fingerprint density at radius 3 is 2.69 bits per heavy atom. The summed E-state index contributed by atoms with van der Waals surface area (Å²) < 4.78 is 37.5. The van der Waals surface area contributed by atoms with Gasteiger partial charge in [-0.3, -0.25) is 13.9 Å². The van der Waals surface area contributed by atoms with Crippen molar-refractivity contribution in [1.29, 1.82) is 0 Å². The summed E-state index contributed by atoms with van der Waals surface area (Å²) in [6, 6.07) is 6.98. The molecule has 0 bridgehead atoms. The van der Waals surface area contributed by atoms with Crippen molar-refractivity contribution >= 4 is 30.8 Å². The zero-order valence-electron chi connectivity index (χ0n) is 21.4. The van der Waals surface area contributed by atoms with Gasteiger partial charge in [0.2, 0.25) is 5.95 Å². The summed E-state index contributed by atoms with van der Waals surface area (Å²) in [7, 11) is -4.35. The smallest absolute Gasteiger partial charge is 0.459 e. The van der Waals surface area contributed by atoms with E-state index in [1.54, 1.807) is 32.0 Å². The molecule has 208 valence electrons. The number of carbonyl (C=O) groups is 1. The molecule has 4 rings (SSSR count). The lowest BCUT2D eigenvalue weighted by Gasteiger charge is -2.29. The lowest BCUT2D eigenvalue weighted by molar-refractivity contribution is -0.149. The highest BCUT2D eigenvalue weighted by molar-refractivity contribution is 7.52. The maximum absolute atomic E-state index is 13.8. The fraction of sp³-hybridized carbons (Fsp3) is 0.417.